The average molecular weight is 226 g/mol. The van der Waals surface area contributed by atoms with Crippen LogP contribution in [-0.2, 0) is 10.2 Å². The molecule has 0 amide bonds. The van der Waals surface area contributed by atoms with Gasteiger partial charge in [-0.3, -0.25) is 4.79 Å². The molecule has 2 nitrogen and oxygen atoms in total. The molecule has 0 heterocycles. The van der Waals surface area contributed by atoms with Crippen molar-refractivity contribution in [1.82, 2.24) is 0 Å². The van der Waals surface area contributed by atoms with Crippen LogP contribution in [0.2, 0.25) is 0 Å². The van der Waals surface area contributed by atoms with Gasteiger partial charge in [-0.25, -0.2) is 0 Å². The first-order chi connectivity index (χ1) is 8.15. The molecule has 1 saturated carbocycles. The first-order valence-corrected chi connectivity index (χ1v) is 5.87. The van der Waals surface area contributed by atoms with E-state index in [-0.39, 0.29) is 0 Å². The highest BCUT2D eigenvalue weighted by atomic mass is 16.4. The van der Waals surface area contributed by atoms with Gasteiger partial charge in [-0.1, -0.05) is 36.4 Å². The second-order valence-corrected chi connectivity index (χ2v) is 4.86. The van der Waals surface area contributed by atoms with E-state index in [1.54, 1.807) is 0 Å². The molecule has 2 aromatic carbocycles. The summed E-state index contributed by atoms with van der Waals surface area (Å²) in [5.74, 6) is -0.688. The lowest BCUT2D eigenvalue weighted by Gasteiger charge is -2.14. The smallest absolute Gasteiger partial charge is 0.314 e. The molecule has 2 aromatic rings. The Morgan fingerprint density at radius 1 is 1.12 bits per heavy atom. The third-order valence-electron chi connectivity index (χ3n) is 3.82. The van der Waals surface area contributed by atoms with Crippen LogP contribution in [0.5, 0.6) is 0 Å². The molecule has 1 N–H and O–H groups in total. The van der Waals surface area contributed by atoms with E-state index >= 15 is 0 Å². The van der Waals surface area contributed by atoms with Gasteiger partial charge >= 0.3 is 5.97 Å². The summed E-state index contributed by atoms with van der Waals surface area (Å²) < 4.78 is 0. The molecule has 0 atom stereocenters. The molecule has 0 spiro atoms. The molecule has 86 valence electrons. The third kappa shape index (κ3) is 1.37. The van der Waals surface area contributed by atoms with Crippen molar-refractivity contribution in [2.45, 2.75) is 25.2 Å². The molecule has 0 unspecified atom stereocenters. The molecule has 1 fully saturated rings. The largest absolute Gasteiger partial charge is 0.481 e. The van der Waals surface area contributed by atoms with Crippen LogP contribution in [0.3, 0.4) is 0 Å². The van der Waals surface area contributed by atoms with Gasteiger partial charge < -0.3 is 5.11 Å². The summed E-state index contributed by atoms with van der Waals surface area (Å²) >= 11 is 0. The van der Waals surface area contributed by atoms with E-state index in [2.05, 4.69) is 13.0 Å². The Kier molecular flexibility index (Phi) is 2.02. The van der Waals surface area contributed by atoms with Gasteiger partial charge in [0.2, 0.25) is 0 Å². The fourth-order valence-electron chi connectivity index (χ4n) is 2.59. The number of hydrogen-bond acceptors (Lipinski definition) is 1. The predicted octanol–water partition coefficient (Wildman–Crippen LogP) is 3.26. The van der Waals surface area contributed by atoms with Crippen molar-refractivity contribution in [3.05, 3.63) is 47.5 Å². The topological polar surface area (TPSA) is 37.3 Å². The average Bonchev–Trinajstić information content (AvgIpc) is 3.11. The molecular formula is C15H14O2. The maximum Gasteiger partial charge on any atom is 0.314 e. The standard InChI is InChI=1S/C15H14O2/c1-10-6-7-13(15(8-9-15)14(16)17)12-5-3-2-4-11(10)12/h2-7H,8-9H2,1H3,(H,16,17). The summed E-state index contributed by atoms with van der Waals surface area (Å²) in [5, 5.41) is 11.6. The van der Waals surface area contributed by atoms with Crippen LogP contribution in [0.4, 0.5) is 0 Å². The summed E-state index contributed by atoms with van der Waals surface area (Å²) in [7, 11) is 0. The van der Waals surface area contributed by atoms with E-state index in [0.29, 0.717) is 0 Å². The Balaban J connectivity index is 2.32. The second-order valence-electron chi connectivity index (χ2n) is 4.86. The Morgan fingerprint density at radius 3 is 2.35 bits per heavy atom. The SMILES string of the molecule is Cc1ccc(C2(C(=O)O)CC2)c2ccccc12. The van der Waals surface area contributed by atoms with Crippen LogP contribution in [0.25, 0.3) is 10.8 Å². The number of aryl methyl sites for hydroxylation is 1. The van der Waals surface area contributed by atoms with Gasteiger partial charge in [-0.2, -0.15) is 0 Å². The zero-order valence-electron chi connectivity index (χ0n) is 9.73. The molecule has 2 heteroatoms. The molecule has 3 rings (SSSR count). The minimum Gasteiger partial charge on any atom is -0.481 e. The van der Waals surface area contributed by atoms with Gasteiger partial charge in [-0.15, -0.1) is 0 Å². The van der Waals surface area contributed by atoms with Crippen LogP contribution in [-0.4, -0.2) is 11.1 Å². The number of benzene rings is 2. The maximum atomic E-state index is 11.4. The summed E-state index contributed by atoms with van der Waals surface area (Å²) in [6.45, 7) is 2.06. The lowest BCUT2D eigenvalue weighted by atomic mass is 9.89. The predicted molar refractivity (Wildman–Crippen MR) is 67.2 cm³/mol. The Bertz CT molecular complexity index is 609. The van der Waals surface area contributed by atoms with Crippen LogP contribution in [0, 0.1) is 6.92 Å². The molecule has 1 aliphatic carbocycles. The Morgan fingerprint density at radius 2 is 1.76 bits per heavy atom. The Labute approximate surface area is 99.9 Å². The van der Waals surface area contributed by atoms with Gasteiger partial charge in [-0.05, 0) is 41.7 Å². The molecule has 1 aliphatic rings. The third-order valence-corrected chi connectivity index (χ3v) is 3.82. The Hall–Kier alpha value is -1.83. The van der Waals surface area contributed by atoms with Crippen molar-refractivity contribution in [1.29, 1.82) is 0 Å². The van der Waals surface area contributed by atoms with E-state index in [0.717, 1.165) is 29.2 Å². The molecule has 17 heavy (non-hydrogen) atoms. The van der Waals surface area contributed by atoms with Crippen molar-refractivity contribution < 1.29 is 9.90 Å². The van der Waals surface area contributed by atoms with Crippen molar-refractivity contribution in [3.8, 4) is 0 Å². The summed E-state index contributed by atoms with van der Waals surface area (Å²) in [6, 6.07) is 12.1. The van der Waals surface area contributed by atoms with Crippen LogP contribution in [0.15, 0.2) is 36.4 Å². The second kappa shape index (κ2) is 3.33. The monoisotopic (exact) mass is 226 g/mol. The van der Waals surface area contributed by atoms with Crippen molar-refractivity contribution >= 4 is 16.7 Å². The van der Waals surface area contributed by atoms with Gasteiger partial charge in [0.15, 0.2) is 0 Å². The molecule has 0 saturated heterocycles. The van der Waals surface area contributed by atoms with Crippen molar-refractivity contribution in [3.63, 3.8) is 0 Å². The minimum atomic E-state index is -0.688. The van der Waals surface area contributed by atoms with Crippen LogP contribution >= 0.6 is 0 Å². The summed E-state index contributed by atoms with van der Waals surface area (Å²) in [5.41, 5.74) is 1.56. The number of carboxylic acids is 1. The van der Waals surface area contributed by atoms with E-state index in [1.165, 1.54) is 5.56 Å². The highest BCUT2D eigenvalue weighted by Crippen LogP contribution is 2.50. The lowest BCUT2D eigenvalue weighted by molar-refractivity contribution is -0.139. The number of carboxylic acid groups (broad SMARTS) is 1. The van der Waals surface area contributed by atoms with Gasteiger partial charge in [0.1, 0.15) is 0 Å². The molecule has 0 aliphatic heterocycles. The highest BCUT2D eigenvalue weighted by molar-refractivity contribution is 5.96. The van der Waals surface area contributed by atoms with Gasteiger partial charge in [0, 0.05) is 0 Å². The van der Waals surface area contributed by atoms with E-state index < -0.39 is 11.4 Å². The first-order valence-electron chi connectivity index (χ1n) is 5.87. The quantitative estimate of drug-likeness (QED) is 0.853. The fraction of sp³-hybridized carbons (Fsp3) is 0.267. The fourth-order valence-corrected chi connectivity index (χ4v) is 2.59. The first kappa shape index (κ1) is 10.3. The zero-order chi connectivity index (χ0) is 12.0. The summed E-state index contributed by atoms with van der Waals surface area (Å²) in [4.78, 5) is 11.4. The van der Waals surface area contributed by atoms with Gasteiger partial charge in [0.25, 0.3) is 0 Å². The van der Waals surface area contributed by atoms with Crippen LogP contribution < -0.4 is 0 Å². The zero-order valence-corrected chi connectivity index (χ0v) is 9.73. The summed E-state index contributed by atoms with van der Waals surface area (Å²) in [6.07, 6.45) is 1.52. The minimum absolute atomic E-state index is 0.618. The van der Waals surface area contributed by atoms with Gasteiger partial charge in [0.05, 0.1) is 5.41 Å². The van der Waals surface area contributed by atoms with E-state index in [1.807, 2.05) is 30.3 Å². The van der Waals surface area contributed by atoms with Crippen molar-refractivity contribution in [2.24, 2.45) is 0 Å². The normalized spacial score (nSPS) is 17.0. The van der Waals surface area contributed by atoms with E-state index in [9.17, 15) is 9.90 Å². The molecular weight excluding hydrogens is 212 g/mol. The van der Waals surface area contributed by atoms with E-state index in [4.69, 9.17) is 0 Å². The number of hydrogen-bond donors (Lipinski definition) is 1. The molecule has 0 radical (unpaired) electrons. The highest BCUT2D eigenvalue weighted by Gasteiger charge is 2.52. The number of fused-ring (bicyclic) bond motifs is 1. The number of carbonyl (C=O) groups is 1. The van der Waals surface area contributed by atoms with Crippen molar-refractivity contribution in [2.75, 3.05) is 0 Å². The molecule has 0 aromatic heterocycles. The maximum absolute atomic E-state index is 11.4. The number of rotatable bonds is 2. The molecule has 0 bridgehead atoms. The van der Waals surface area contributed by atoms with Crippen LogP contribution in [0.1, 0.15) is 24.0 Å². The lowest BCUT2D eigenvalue weighted by Crippen LogP contribution is -2.19. The number of aliphatic carboxylic acids is 1.